The molecule has 0 radical (unpaired) electrons. The van der Waals surface area contributed by atoms with E-state index in [2.05, 4.69) is 11.4 Å². The minimum atomic E-state index is -3.58. The van der Waals surface area contributed by atoms with Gasteiger partial charge in [-0.05, 0) is 31.0 Å². The molecule has 0 unspecified atom stereocenters. The lowest BCUT2D eigenvalue weighted by Crippen LogP contribution is -2.30. The summed E-state index contributed by atoms with van der Waals surface area (Å²) in [6, 6.07) is 7.50. The summed E-state index contributed by atoms with van der Waals surface area (Å²) in [5.41, 5.74) is 3.64. The third-order valence-corrected chi connectivity index (χ3v) is 6.51. The monoisotopic (exact) mass is 377 g/mol. The molecule has 0 atom stereocenters. The molecule has 1 N–H and O–H groups in total. The maximum absolute atomic E-state index is 12.6. The van der Waals surface area contributed by atoms with Gasteiger partial charge in [0.05, 0.1) is 0 Å². The molecule has 142 valence electrons. The molecule has 7 heteroatoms. The van der Waals surface area contributed by atoms with E-state index in [1.807, 2.05) is 26.0 Å². The molecule has 1 aromatic carbocycles. The Balaban J connectivity index is 2.19. The number of nitrogens with one attached hydrogen (secondary N) is 1. The molecule has 0 aliphatic carbocycles. The van der Waals surface area contributed by atoms with Gasteiger partial charge in [0.15, 0.2) is 0 Å². The predicted octanol–water partition coefficient (Wildman–Crippen LogP) is 2.60. The molecule has 0 bridgehead atoms. The number of amides is 1. The average molecular weight is 378 g/mol. The van der Waals surface area contributed by atoms with Crippen molar-refractivity contribution in [2.45, 2.75) is 39.1 Å². The standard InChI is InChI=1S/C19H27N3O3S/c1-6-22(7-2)26(24,25)17-11-18(21(5)13-17)19(23)20-12-16-9-8-14(3)10-15(16)4/h8-11,13H,6-7,12H2,1-5H3,(H,20,23). The lowest BCUT2D eigenvalue weighted by molar-refractivity contribution is 0.0942. The smallest absolute Gasteiger partial charge is 0.268 e. The van der Waals surface area contributed by atoms with Gasteiger partial charge < -0.3 is 9.88 Å². The fourth-order valence-corrected chi connectivity index (χ4v) is 4.45. The Morgan fingerprint density at radius 3 is 2.38 bits per heavy atom. The number of hydrogen-bond donors (Lipinski definition) is 1. The maximum atomic E-state index is 12.6. The topological polar surface area (TPSA) is 71.4 Å². The number of aryl methyl sites for hydroxylation is 3. The van der Waals surface area contributed by atoms with Crippen molar-refractivity contribution in [3.05, 3.63) is 52.8 Å². The van der Waals surface area contributed by atoms with Crippen molar-refractivity contribution in [2.24, 2.45) is 7.05 Å². The largest absolute Gasteiger partial charge is 0.347 e. The van der Waals surface area contributed by atoms with Gasteiger partial charge in [-0.15, -0.1) is 0 Å². The van der Waals surface area contributed by atoms with Crippen molar-refractivity contribution in [1.82, 2.24) is 14.2 Å². The fourth-order valence-electron chi connectivity index (χ4n) is 2.92. The minimum Gasteiger partial charge on any atom is -0.347 e. The number of aromatic nitrogens is 1. The van der Waals surface area contributed by atoms with Crippen LogP contribution in [0.1, 0.15) is 41.0 Å². The lowest BCUT2D eigenvalue weighted by Gasteiger charge is -2.17. The minimum absolute atomic E-state index is 0.139. The molecular formula is C19H27N3O3S. The molecule has 6 nitrogen and oxygen atoms in total. The highest BCUT2D eigenvalue weighted by Crippen LogP contribution is 2.18. The van der Waals surface area contributed by atoms with E-state index in [-0.39, 0.29) is 10.8 Å². The summed E-state index contributed by atoms with van der Waals surface area (Å²) in [5, 5.41) is 2.87. The summed E-state index contributed by atoms with van der Waals surface area (Å²) in [6.45, 7) is 8.80. The van der Waals surface area contributed by atoms with E-state index in [0.29, 0.717) is 25.3 Å². The molecule has 0 aliphatic heterocycles. The summed E-state index contributed by atoms with van der Waals surface area (Å²) < 4.78 is 28.2. The van der Waals surface area contributed by atoms with Crippen LogP contribution >= 0.6 is 0 Å². The third kappa shape index (κ3) is 4.16. The van der Waals surface area contributed by atoms with Crippen molar-refractivity contribution in [1.29, 1.82) is 0 Å². The SMILES string of the molecule is CCN(CC)S(=O)(=O)c1cc(C(=O)NCc2ccc(C)cc2C)n(C)c1. The molecule has 0 spiro atoms. The van der Waals surface area contributed by atoms with E-state index < -0.39 is 10.0 Å². The van der Waals surface area contributed by atoms with Gasteiger partial charge >= 0.3 is 0 Å². The normalized spacial score (nSPS) is 11.8. The Morgan fingerprint density at radius 2 is 1.81 bits per heavy atom. The van der Waals surface area contributed by atoms with Crippen molar-refractivity contribution >= 4 is 15.9 Å². The van der Waals surface area contributed by atoms with E-state index >= 15 is 0 Å². The lowest BCUT2D eigenvalue weighted by atomic mass is 10.1. The quantitative estimate of drug-likeness (QED) is 0.806. The first-order chi connectivity index (χ1) is 12.2. The van der Waals surface area contributed by atoms with Crippen LogP contribution in [0.3, 0.4) is 0 Å². The first-order valence-corrected chi connectivity index (χ1v) is 10.2. The van der Waals surface area contributed by atoms with Gasteiger partial charge in [-0.2, -0.15) is 4.31 Å². The molecule has 0 fully saturated rings. The third-order valence-electron chi connectivity index (χ3n) is 4.49. The summed E-state index contributed by atoms with van der Waals surface area (Å²) in [5.74, 6) is -0.298. The van der Waals surface area contributed by atoms with Crippen LogP contribution in [0.15, 0.2) is 35.4 Å². The summed E-state index contributed by atoms with van der Waals surface area (Å²) in [6.07, 6.45) is 1.49. The summed E-state index contributed by atoms with van der Waals surface area (Å²) in [4.78, 5) is 12.7. The molecule has 1 heterocycles. The number of nitrogens with zero attached hydrogens (tertiary/aromatic N) is 2. The van der Waals surface area contributed by atoms with Crippen LogP contribution in [0.5, 0.6) is 0 Å². The van der Waals surface area contributed by atoms with Crippen LogP contribution in [-0.4, -0.2) is 36.3 Å². The molecule has 1 amide bonds. The number of rotatable bonds is 7. The molecule has 0 saturated carbocycles. The Kier molecular flexibility index (Phi) is 6.26. The Bertz CT molecular complexity index is 897. The maximum Gasteiger partial charge on any atom is 0.268 e. The number of hydrogen-bond acceptors (Lipinski definition) is 3. The zero-order valence-corrected chi connectivity index (χ0v) is 16.9. The van der Waals surface area contributed by atoms with E-state index in [9.17, 15) is 13.2 Å². The van der Waals surface area contributed by atoms with Crippen LogP contribution in [0, 0.1) is 13.8 Å². The number of sulfonamides is 1. The van der Waals surface area contributed by atoms with Crippen LogP contribution < -0.4 is 5.32 Å². The number of carbonyl (C=O) groups is 1. The van der Waals surface area contributed by atoms with E-state index in [0.717, 1.165) is 11.1 Å². The van der Waals surface area contributed by atoms with Crippen LogP contribution in [0.2, 0.25) is 0 Å². The molecule has 26 heavy (non-hydrogen) atoms. The van der Waals surface area contributed by atoms with Gasteiger partial charge in [0.2, 0.25) is 10.0 Å². The molecule has 2 rings (SSSR count). The molecule has 2 aromatic rings. The molecular weight excluding hydrogens is 350 g/mol. The second-order valence-electron chi connectivity index (χ2n) is 6.37. The van der Waals surface area contributed by atoms with Crippen molar-refractivity contribution in [3.63, 3.8) is 0 Å². The second kappa shape index (κ2) is 8.05. The van der Waals surface area contributed by atoms with Gasteiger partial charge in [-0.1, -0.05) is 37.6 Å². The van der Waals surface area contributed by atoms with Gasteiger partial charge in [0, 0.05) is 32.9 Å². The zero-order valence-electron chi connectivity index (χ0n) is 16.0. The van der Waals surface area contributed by atoms with Gasteiger partial charge in [-0.25, -0.2) is 8.42 Å². The van der Waals surface area contributed by atoms with E-state index in [1.165, 1.54) is 22.1 Å². The average Bonchev–Trinajstić information content (AvgIpc) is 2.97. The second-order valence-corrected chi connectivity index (χ2v) is 8.31. The molecule has 0 saturated heterocycles. The fraction of sp³-hybridized carbons (Fsp3) is 0.421. The Morgan fingerprint density at radius 1 is 1.15 bits per heavy atom. The summed E-state index contributed by atoms with van der Waals surface area (Å²) >= 11 is 0. The highest BCUT2D eigenvalue weighted by Gasteiger charge is 2.25. The van der Waals surface area contributed by atoms with Gasteiger partial charge in [0.25, 0.3) is 5.91 Å². The highest BCUT2D eigenvalue weighted by atomic mass is 32.2. The van der Waals surface area contributed by atoms with Crippen molar-refractivity contribution < 1.29 is 13.2 Å². The van der Waals surface area contributed by atoms with Crippen molar-refractivity contribution in [3.8, 4) is 0 Å². The van der Waals surface area contributed by atoms with Gasteiger partial charge in [-0.3, -0.25) is 4.79 Å². The predicted molar refractivity (Wildman–Crippen MR) is 103 cm³/mol. The molecule has 0 aliphatic rings. The van der Waals surface area contributed by atoms with Gasteiger partial charge in [0.1, 0.15) is 10.6 Å². The first kappa shape index (κ1) is 20.2. The Hall–Kier alpha value is -2.12. The zero-order chi connectivity index (χ0) is 19.5. The first-order valence-electron chi connectivity index (χ1n) is 8.71. The number of benzene rings is 1. The van der Waals surface area contributed by atoms with Crippen LogP contribution in [-0.2, 0) is 23.6 Å². The highest BCUT2D eigenvalue weighted by molar-refractivity contribution is 7.89. The van der Waals surface area contributed by atoms with Crippen LogP contribution in [0.25, 0.3) is 0 Å². The number of carbonyl (C=O) groups excluding carboxylic acids is 1. The molecule has 1 aromatic heterocycles. The van der Waals surface area contributed by atoms with Crippen LogP contribution in [0.4, 0.5) is 0 Å². The van der Waals surface area contributed by atoms with E-state index in [4.69, 9.17) is 0 Å². The van der Waals surface area contributed by atoms with Crippen molar-refractivity contribution in [2.75, 3.05) is 13.1 Å². The Labute approximate surface area is 155 Å². The van der Waals surface area contributed by atoms with E-state index in [1.54, 1.807) is 25.5 Å². The summed E-state index contributed by atoms with van der Waals surface area (Å²) in [7, 11) is -1.91.